The molecule has 3 heteroatoms. The van der Waals surface area contributed by atoms with Gasteiger partial charge in [0.25, 0.3) is 0 Å². The number of hydrogen-bond acceptors (Lipinski definition) is 3. The van der Waals surface area contributed by atoms with Crippen LogP contribution in [-0.2, 0) is 16.0 Å². The van der Waals surface area contributed by atoms with E-state index >= 15 is 0 Å². The summed E-state index contributed by atoms with van der Waals surface area (Å²) in [5.74, 6) is 0.740. The second-order valence-corrected chi connectivity index (χ2v) is 5.22. The van der Waals surface area contributed by atoms with E-state index in [-0.39, 0.29) is 12.1 Å². The lowest BCUT2D eigenvalue weighted by atomic mass is 10.1. The first kappa shape index (κ1) is 17.3. The maximum absolute atomic E-state index is 11.4. The first-order valence-corrected chi connectivity index (χ1v) is 7.62. The molecule has 1 unspecified atom stereocenters. The third-order valence-corrected chi connectivity index (χ3v) is 3.25. The Morgan fingerprint density at radius 2 is 1.90 bits per heavy atom. The minimum atomic E-state index is -0.163. The summed E-state index contributed by atoms with van der Waals surface area (Å²) in [5.41, 5.74) is 2.24. The van der Waals surface area contributed by atoms with Crippen molar-refractivity contribution in [3.63, 3.8) is 0 Å². The van der Waals surface area contributed by atoms with Crippen LogP contribution in [0.4, 0.5) is 0 Å². The highest BCUT2D eigenvalue weighted by Gasteiger charge is 2.03. The maximum Gasteiger partial charge on any atom is 0.309 e. The highest BCUT2D eigenvalue weighted by molar-refractivity contribution is 5.72. The number of rotatable bonds is 8. The van der Waals surface area contributed by atoms with Gasteiger partial charge in [-0.3, -0.25) is 4.79 Å². The number of carbonyl (C=O) groups excluding carboxylic acids is 1. The number of hydrogen-bond donors (Lipinski definition) is 0. The molecule has 0 fully saturated rings. The van der Waals surface area contributed by atoms with Crippen molar-refractivity contribution >= 4 is 5.97 Å². The zero-order valence-corrected chi connectivity index (χ0v) is 13.5. The molecule has 1 rings (SSSR count). The molecule has 0 amide bonds. The molecule has 0 N–H and O–H groups in total. The summed E-state index contributed by atoms with van der Waals surface area (Å²) in [7, 11) is 0. The van der Waals surface area contributed by atoms with Gasteiger partial charge in [-0.05, 0) is 51.3 Å². The summed E-state index contributed by atoms with van der Waals surface area (Å²) in [5, 5.41) is 0. The molecular formula is C18H26O3. The molecular weight excluding hydrogens is 264 g/mol. The lowest BCUT2D eigenvalue weighted by molar-refractivity contribution is -0.142. The topological polar surface area (TPSA) is 35.5 Å². The highest BCUT2D eigenvalue weighted by atomic mass is 16.5. The minimum absolute atomic E-state index is 0.163. The molecule has 0 saturated carbocycles. The fourth-order valence-corrected chi connectivity index (χ4v) is 1.82. The standard InChI is InChI=1S/C18H26O3/c1-5-15(4)21-17-11-9-16(10-12-17)8-7-14(3)13-18(19)20-6-2/h7,9-12,15H,5-6,8,13H2,1-4H3/b14-7+. The van der Waals surface area contributed by atoms with Crippen LogP contribution >= 0.6 is 0 Å². The quantitative estimate of drug-likeness (QED) is 0.529. The van der Waals surface area contributed by atoms with Crippen molar-refractivity contribution in [2.75, 3.05) is 6.61 Å². The molecule has 0 saturated heterocycles. The Balaban J connectivity index is 2.50. The fourth-order valence-electron chi connectivity index (χ4n) is 1.82. The lowest BCUT2D eigenvalue weighted by Crippen LogP contribution is -2.09. The van der Waals surface area contributed by atoms with Crippen LogP contribution in [0.15, 0.2) is 35.9 Å². The van der Waals surface area contributed by atoms with Gasteiger partial charge in [0.15, 0.2) is 0 Å². The van der Waals surface area contributed by atoms with Crippen LogP contribution in [0, 0.1) is 0 Å². The molecule has 3 nitrogen and oxygen atoms in total. The zero-order valence-electron chi connectivity index (χ0n) is 13.5. The minimum Gasteiger partial charge on any atom is -0.491 e. The van der Waals surface area contributed by atoms with Gasteiger partial charge in [-0.2, -0.15) is 0 Å². The van der Waals surface area contributed by atoms with Crippen LogP contribution in [0.1, 0.15) is 46.1 Å². The van der Waals surface area contributed by atoms with E-state index < -0.39 is 0 Å². The van der Waals surface area contributed by atoms with Crippen LogP contribution in [0.2, 0.25) is 0 Å². The normalized spacial score (nSPS) is 12.9. The van der Waals surface area contributed by atoms with Crippen molar-refractivity contribution < 1.29 is 14.3 Å². The van der Waals surface area contributed by atoms with Crippen LogP contribution in [0.5, 0.6) is 5.75 Å². The van der Waals surface area contributed by atoms with Crippen LogP contribution in [-0.4, -0.2) is 18.7 Å². The summed E-state index contributed by atoms with van der Waals surface area (Å²) in [6.07, 6.45) is 4.49. The Bertz CT molecular complexity index is 460. The third-order valence-electron chi connectivity index (χ3n) is 3.25. The Kier molecular flexibility index (Phi) is 7.59. The van der Waals surface area contributed by atoms with Crippen molar-refractivity contribution in [3.8, 4) is 5.75 Å². The van der Waals surface area contributed by atoms with E-state index in [0.29, 0.717) is 13.0 Å². The monoisotopic (exact) mass is 290 g/mol. The van der Waals surface area contributed by atoms with E-state index in [2.05, 4.69) is 32.1 Å². The zero-order chi connectivity index (χ0) is 15.7. The summed E-state index contributed by atoms with van der Waals surface area (Å²) >= 11 is 0. The van der Waals surface area contributed by atoms with Crippen molar-refractivity contribution in [2.45, 2.75) is 53.1 Å². The number of carbonyl (C=O) groups is 1. The molecule has 0 aliphatic rings. The van der Waals surface area contributed by atoms with Gasteiger partial charge in [0.1, 0.15) is 5.75 Å². The molecule has 1 aromatic rings. The molecule has 0 aliphatic heterocycles. The van der Waals surface area contributed by atoms with Crippen molar-refractivity contribution in [2.24, 2.45) is 0 Å². The second-order valence-electron chi connectivity index (χ2n) is 5.22. The second kappa shape index (κ2) is 9.22. The molecule has 21 heavy (non-hydrogen) atoms. The highest BCUT2D eigenvalue weighted by Crippen LogP contribution is 2.16. The van der Waals surface area contributed by atoms with E-state index in [4.69, 9.17) is 9.47 Å². The van der Waals surface area contributed by atoms with Gasteiger partial charge in [-0.15, -0.1) is 0 Å². The Morgan fingerprint density at radius 3 is 2.48 bits per heavy atom. The summed E-state index contributed by atoms with van der Waals surface area (Å²) < 4.78 is 10.7. The summed E-state index contributed by atoms with van der Waals surface area (Å²) in [4.78, 5) is 11.4. The molecule has 0 bridgehead atoms. The van der Waals surface area contributed by atoms with Gasteiger partial charge < -0.3 is 9.47 Å². The predicted molar refractivity (Wildman–Crippen MR) is 85.5 cm³/mol. The summed E-state index contributed by atoms with van der Waals surface area (Å²) in [6.45, 7) is 8.38. The molecule has 116 valence electrons. The van der Waals surface area contributed by atoms with Crippen molar-refractivity contribution in [1.82, 2.24) is 0 Å². The first-order valence-electron chi connectivity index (χ1n) is 7.62. The number of benzene rings is 1. The molecule has 0 aliphatic carbocycles. The molecule has 1 atom stereocenters. The van der Waals surface area contributed by atoms with E-state index in [1.54, 1.807) is 0 Å². The average Bonchev–Trinajstić information content (AvgIpc) is 2.46. The molecule has 0 radical (unpaired) electrons. The fraction of sp³-hybridized carbons (Fsp3) is 0.500. The Hall–Kier alpha value is -1.77. The van der Waals surface area contributed by atoms with Crippen LogP contribution in [0.25, 0.3) is 0 Å². The Morgan fingerprint density at radius 1 is 1.24 bits per heavy atom. The van der Waals surface area contributed by atoms with Gasteiger partial charge in [-0.1, -0.05) is 30.7 Å². The van der Waals surface area contributed by atoms with E-state index in [0.717, 1.165) is 24.2 Å². The number of esters is 1. The molecule has 0 aromatic heterocycles. The van der Waals surface area contributed by atoms with Crippen molar-refractivity contribution in [1.29, 1.82) is 0 Å². The third kappa shape index (κ3) is 6.98. The largest absolute Gasteiger partial charge is 0.491 e. The SMILES string of the molecule is CCOC(=O)C/C(C)=C/Cc1ccc(OC(C)CC)cc1. The van der Waals surface area contributed by atoms with E-state index in [9.17, 15) is 4.79 Å². The van der Waals surface area contributed by atoms with Gasteiger partial charge in [0, 0.05) is 0 Å². The lowest BCUT2D eigenvalue weighted by Gasteiger charge is -2.12. The van der Waals surface area contributed by atoms with Gasteiger partial charge in [0.2, 0.25) is 0 Å². The van der Waals surface area contributed by atoms with Gasteiger partial charge in [0.05, 0.1) is 19.1 Å². The Labute approximate surface area is 128 Å². The van der Waals surface area contributed by atoms with Gasteiger partial charge >= 0.3 is 5.97 Å². The van der Waals surface area contributed by atoms with E-state index in [1.165, 1.54) is 5.56 Å². The van der Waals surface area contributed by atoms with E-state index in [1.807, 2.05) is 26.0 Å². The van der Waals surface area contributed by atoms with Crippen molar-refractivity contribution in [3.05, 3.63) is 41.5 Å². The molecule has 0 spiro atoms. The number of ether oxygens (including phenoxy) is 2. The first-order chi connectivity index (χ1) is 10.0. The molecule has 1 aromatic carbocycles. The van der Waals surface area contributed by atoms with Crippen LogP contribution in [0.3, 0.4) is 0 Å². The summed E-state index contributed by atoms with van der Waals surface area (Å²) in [6, 6.07) is 8.11. The maximum atomic E-state index is 11.4. The average molecular weight is 290 g/mol. The van der Waals surface area contributed by atoms with Gasteiger partial charge in [-0.25, -0.2) is 0 Å². The van der Waals surface area contributed by atoms with Crippen LogP contribution < -0.4 is 4.74 Å². The number of allylic oxidation sites excluding steroid dienone is 1. The molecule has 0 heterocycles. The smallest absolute Gasteiger partial charge is 0.309 e. The predicted octanol–water partition coefficient (Wildman–Crippen LogP) is 4.31.